The number of nitrogens with one attached hydrogen (secondary N) is 1. The van der Waals surface area contributed by atoms with Crippen LogP contribution in [0.1, 0.15) is 26.4 Å². The number of hydrogen-bond donors (Lipinski definition) is 1. The van der Waals surface area contributed by atoms with Gasteiger partial charge in [0.15, 0.2) is 0 Å². The van der Waals surface area contributed by atoms with Crippen LogP contribution in [0.5, 0.6) is 0 Å². The first-order valence-electron chi connectivity index (χ1n) is 8.38. The lowest BCUT2D eigenvalue weighted by atomic mass is 10.0. The third kappa shape index (κ3) is 4.28. The smallest absolute Gasteiger partial charge is 0.341 e. The Balaban J connectivity index is 1.73. The van der Waals surface area contributed by atoms with Crippen molar-refractivity contribution < 1.29 is 14.3 Å². The molecule has 0 fully saturated rings. The van der Waals surface area contributed by atoms with Crippen molar-refractivity contribution in [3.05, 3.63) is 45.8 Å². The lowest BCUT2D eigenvalue weighted by Crippen LogP contribution is -2.26. The largest absolute Gasteiger partial charge is 0.465 e. The molecule has 7 heteroatoms. The Labute approximate surface area is 161 Å². The number of methoxy groups -OCH3 is 1. The van der Waals surface area contributed by atoms with Gasteiger partial charge in [-0.1, -0.05) is 17.7 Å². The fourth-order valence-corrected chi connectivity index (χ4v) is 4.91. The fourth-order valence-electron chi connectivity index (χ4n) is 2.88. The van der Waals surface area contributed by atoms with Crippen LogP contribution in [0.25, 0.3) is 0 Å². The third-order valence-corrected chi connectivity index (χ3v) is 6.43. The predicted octanol–water partition coefficient (Wildman–Crippen LogP) is 3.56. The lowest BCUT2D eigenvalue weighted by Gasteiger charge is -2.22. The molecule has 1 aromatic heterocycles. The van der Waals surface area contributed by atoms with Crippen LogP contribution in [0.3, 0.4) is 0 Å². The normalized spacial score (nSPS) is 14.0. The predicted molar refractivity (Wildman–Crippen MR) is 106 cm³/mol. The van der Waals surface area contributed by atoms with Gasteiger partial charge >= 0.3 is 5.97 Å². The van der Waals surface area contributed by atoms with Gasteiger partial charge in [-0.25, -0.2) is 4.79 Å². The number of rotatable bonds is 5. The number of anilines is 1. The van der Waals surface area contributed by atoms with Crippen molar-refractivity contribution >= 4 is 40.0 Å². The monoisotopic (exact) mass is 390 g/mol. The molecule has 138 valence electrons. The zero-order valence-corrected chi connectivity index (χ0v) is 16.8. The van der Waals surface area contributed by atoms with E-state index in [1.807, 2.05) is 31.2 Å². The Bertz CT molecular complexity index is 815. The van der Waals surface area contributed by atoms with E-state index in [0.29, 0.717) is 16.3 Å². The second kappa shape index (κ2) is 8.24. The van der Waals surface area contributed by atoms with Gasteiger partial charge in [-0.05, 0) is 38.1 Å². The van der Waals surface area contributed by atoms with E-state index in [-0.39, 0.29) is 11.9 Å². The number of carbonyl (C=O) groups excluding carboxylic acids is 2. The van der Waals surface area contributed by atoms with Crippen LogP contribution in [0, 0.1) is 6.92 Å². The quantitative estimate of drug-likeness (QED) is 0.625. The molecule has 0 saturated carbocycles. The van der Waals surface area contributed by atoms with Gasteiger partial charge in [0.25, 0.3) is 0 Å². The molecule has 0 radical (unpaired) electrons. The molecule has 0 spiro atoms. The number of nitrogens with zero attached hydrogens (tertiary/aromatic N) is 1. The summed E-state index contributed by atoms with van der Waals surface area (Å²) in [5.74, 6) is -0.201. The molecule has 0 bridgehead atoms. The van der Waals surface area contributed by atoms with Crippen molar-refractivity contribution in [2.24, 2.45) is 0 Å². The van der Waals surface area contributed by atoms with Crippen molar-refractivity contribution in [2.75, 3.05) is 31.8 Å². The third-order valence-electron chi connectivity index (χ3n) is 4.28. The SMILES string of the molecule is COC(=O)c1c(NC(=O)CSc2ccc(C)cc2)sc2c1CCN(C)C2. The molecule has 5 nitrogen and oxygen atoms in total. The molecule has 1 aliphatic heterocycles. The van der Waals surface area contributed by atoms with Crippen LogP contribution in [-0.4, -0.2) is 43.2 Å². The number of hydrogen-bond acceptors (Lipinski definition) is 6. The van der Waals surface area contributed by atoms with E-state index in [1.165, 1.54) is 35.8 Å². The number of likely N-dealkylation sites (N-methyl/N-ethyl adjacent to an activating group) is 1. The molecule has 26 heavy (non-hydrogen) atoms. The number of esters is 1. The summed E-state index contributed by atoms with van der Waals surface area (Å²) in [5.41, 5.74) is 2.73. The summed E-state index contributed by atoms with van der Waals surface area (Å²) >= 11 is 2.96. The second-order valence-corrected chi connectivity index (χ2v) is 8.49. The first kappa shape index (κ1) is 18.9. The summed E-state index contributed by atoms with van der Waals surface area (Å²) in [5, 5.41) is 3.52. The lowest BCUT2D eigenvalue weighted by molar-refractivity contribution is -0.113. The van der Waals surface area contributed by atoms with Crippen LogP contribution in [0.4, 0.5) is 5.00 Å². The minimum atomic E-state index is -0.381. The average molecular weight is 391 g/mol. The molecule has 0 atom stereocenters. The van der Waals surface area contributed by atoms with Gasteiger partial charge in [0.2, 0.25) is 5.91 Å². The van der Waals surface area contributed by atoms with Gasteiger partial charge in [0.1, 0.15) is 5.00 Å². The summed E-state index contributed by atoms with van der Waals surface area (Å²) in [6.07, 6.45) is 0.792. The standard InChI is InChI=1S/C19H22N2O3S2/c1-12-4-6-13(7-5-12)25-11-16(22)20-18-17(19(23)24-3)14-8-9-21(2)10-15(14)26-18/h4-7H,8-11H2,1-3H3,(H,20,22). The number of fused-ring (bicyclic) bond motifs is 1. The number of thiophene rings is 1. The van der Waals surface area contributed by atoms with E-state index >= 15 is 0 Å². The van der Waals surface area contributed by atoms with Crippen LogP contribution < -0.4 is 5.32 Å². The molecule has 0 unspecified atom stereocenters. The number of benzene rings is 1. The maximum absolute atomic E-state index is 12.4. The number of ether oxygens (including phenoxy) is 1. The molecule has 0 aliphatic carbocycles. The number of amides is 1. The first-order valence-corrected chi connectivity index (χ1v) is 10.2. The van der Waals surface area contributed by atoms with Gasteiger partial charge in [-0.3, -0.25) is 4.79 Å². The van der Waals surface area contributed by atoms with Crippen LogP contribution in [0.2, 0.25) is 0 Å². The molecule has 2 heterocycles. The summed E-state index contributed by atoms with van der Waals surface area (Å²) in [4.78, 5) is 29.0. The van der Waals surface area contributed by atoms with Crippen LogP contribution in [0.15, 0.2) is 29.2 Å². The van der Waals surface area contributed by atoms with Gasteiger partial charge < -0.3 is 15.0 Å². The highest BCUT2D eigenvalue weighted by Gasteiger charge is 2.28. The molecule has 2 aromatic rings. The number of carbonyl (C=O) groups is 2. The first-order chi connectivity index (χ1) is 12.5. The van der Waals surface area contributed by atoms with Crippen molar-refractivity contribution in [2.45, 2.75) is 24.8 Å². The van der Waals surface area contributed by atoms with E-state index in [2.05, 4.69) is 17.3 Å². The molecule has 3 rings (SSSR count). The van der Waals surface area contributed by atoms with Crippen molar-refractivity contribution in [1.82, 2.24) is 4.90 Å². The van der Waals surface area contributed by atoms with Gasteiger partial charge in [0, 0.05) is 22.9 Å². The minimum Gasteiger partial charge on any atom is -0.465 e. The van der Waals surface area contributed by atoms with Crippen molar-refractivity contribution in [3.63, 3.8) is 0 Å². The molecular weight excluding hydrogens is 368 g/mol. The highest BCUT2D eigenvalue weighted by atomic mass is 32.2. The van der Waals surface area contributed by atoms with E-state index in [0.717, 1.165) is 34.8 Å². The highest BCUT2D eigenvalue weighted by Crippen LogP contribution is 2.37. The van der Waals surface area contributed by atoms with Crippen LogP contribution in [-0.2, 0) is 22.5 Å². The van der Waals surface area contributed by atoms with Gasteiger partial charge in [-0.15, -0.1) is 23.1 Å². The summed E-state index contributed by atoms with van der Waals surface area (Å²) in [7, 11) is 3.43. The number of aryl methyl sites for hydroxylation is 1. The minimum absolute atomic E-state index is 0.118. The molecule has 0 saturated heterocycles. The van der Waals surface area contributed by atoms with Gasteiger partial charge in [0.05, 0.1) is 18.4 Å². The Morgan fingerprint density at radius 3 is 2.73 bits per heavy atom. The average Bonchev–Trinajstić information content (AvgIpc) is 2.97. The Morgan fingerprint density at radius 1 is 1.31 bits per heavy atom. The molecule has 1 amide bonds. The highest BCUT2D eigenvalue weighted by molar-refractivity contribution is 8.00. The molecule has 1 aromatic carbocycles. The number of thioether (sulfide) groups is 1. The van der Waals surface area contributed by atoms with Gasteiger partial charge in [-0.2, -0.15) is 0 Å². The van der Waals surface area contributed by atoms with E-state index in [1.54, 1.807) is 0 Å². The summed E-state index contributed by atoms with van der Waals surface area (Å²) in [6, 6.07) is 8.07. The van der Waals surface area contributed by atoms with Crippen molar-refractivity contribution in [1.29, 1.82) is 0 Å². The molecule has 1 N–H and O–H groups in total. The second-order valence-electron chi connectivity index (χ2n) is 6.34. The maximum Gasteiger partial charge on any atom is 0.341 e. The van der Waals surface area contributed by atoms with E-state index in [9.17, 15) is 9.59 Å². The molecular formula is C19H22N2O3S2. The zero-order valence-electron chi connectivity index (χ0n) is 15.1. The maximum atomic E-state index is 12.4. The Hall–Kier alpha value is -1.83. The zero-order chi connectivity index (χ0) is 18.7. The summed E-state index contributed by atoms with van der Waals surface area (Å²) < 4.78 is 4.95. The van der Waals surface area contributed by atoms with Crippen LogP contribution >= 0.6 is 23.1 Å². The van der Waals surface area contributed by atoms with E-state index in [4.69, 9.17) is 4.74 Å². The summed E-state index contributed by atoms with van der Waals surface area (Å²) in [6.45, 7) is 3.72. The Kier molecular flexibility index (Phi) is 6.01. The topological polar surface area (TPSA) is 58.6 Å². The van der Waals surface area contributed by atoms with E-state index < -0.39 is 0 Å². The Morgan fingerprint density at radius 2 is 2.04 bits per heavy atom. The fraction of sp³-hybridized carbons (Fsp3) is 0.368. The molecule has 1 aliphatic rings. The van der Waals surface area contributed by atoms with Crippen molar-refractivity contribution in [3.8, 4) is 0 Å².